The minimum atomic E-state index is -1.00. The molecule has 4 aliphatic carbocycles. The van der Waals surface area contributed by atoms with Crippen LogP contribution < -0.4 is 0 Å². The molecule has 4 rings (SSSR count). The van der Waals surface area contributed by atoms with Crippen molar-refractivity contribution in [3.63, 3.8) is 0 Å². The lowest BCUT2D eigenvalue weighted by molar-refractivity contribution is -0.208. The minimum absolute atomic E-state index is 0.0396. The number of aliphatic hydroxyl groups is 4. The molecule has 6 nitrogen and oxygen atoms in total. The highest BCUT2D eigenvalue weighted by Crippen LogP contribution is 2.68. The van der Waals surface area contributed by atoms with Gasteiger partial charge in [-0.25, -0.2) is 0 Å². The first kappa shape index (κ1) is 22.5. The Bertz CT molecular complexity index is 668. The van der Waals surface area contributed by atoms with Crippen LogP contribution in [0.4, 0.5) is 0 Å². The van der Waals surface area contributed by atoms with Crippen LogP contribution in [0.1, 0.15) is 72.1 Å². The van der Waals surface area contributed by atoms with E-state index in [0.717, 1.165) is 38.5 Å². The number of carboxylic acid groups (broad SMARTS) is 1. The van der Waals surface area contributed by atoms with Crippen LogP contribution in [0.3, 0.4) is 0 Å². The molecule has 0 aliphatic heterocycles. The van der Waals surface area contributed by atoms with Gasteiger partial charge in [0.15, 0.2) is 0 Å². The molecule has 4 aliphatic rings. The molecule has 6 heteroatoms. The van der Waals surface area contributed by atoms with Gasteiger partial charge in [0.05, 0.1) is 30.8 Å². The fourth-order valence-corrected chi connectivity index (χ4v) is 8.70. The first-order chi connectivity index (χ1) is 14.0. The third-order valence-electron chi connectivity index (χ3n) is 10.5. The summed E-state index contributed by atoms with van der Waals surface area (Å²) >= 11 is 0. The maximum Gasteiger partial charge on any atom is 0.305 e. The van der Waals surface area contributed by atoms with Crippen LogP contribution in [0.25, 0.3) is 0 Å². The highest BCUT2D eigenvalue weighted by atomic mass is 16.4. The molecule has 172 valence electrons. The number of hydrogen-bond acceptors (Lipinski definition) is 5. The van der Waals surface area contributed by atoms with E-state index in [2.05, 4.69) is 13.8 Å². The van der Waals surface area contributed by atoms with Crippen molar-refractivity contribution in [1.29, 1.82) is 0 Å². The van der Waals surface area contributed by atoms with Crippen molar-refractivity contribution >= 4 is 5.97 Å². The van der Waals surface area contributed by atoms with Gasteiger partial charge in [-0.05, 0) is 91.3 Å². The lowest BCUT2D eigenvalue weighted by Crippen LogP contribution is -2.62. The highest BCUT2D eigenvalue weighted by molar-refractivity contribution is 5.67. The molecule has 30 heavy (non-hydrogen) atoms. The van der Waals surface area contributed by atoms with Crippen LogP contribution in [-0.4, -0.2) is 55.9 Å². The average molecular weight is 425 g/mol. The summed E-state index contributed by atoms with van der Waals surface area (Å²) in [4.78, 5) is 11.1. The molecule has 4 saturated carbocycles. The fraction of sp³-hybridized carbons (Fsp3) is 0.958. The van der Waals surface area contributed by atoms with Crippen LogP contribution in [-0.2, 0) is 4.79 Å². The van der Waals surface area contributed by atoms with Crippen molar-refractivity contribution in [2.75, 3.05) is 0 Å². The molecule has 0 aromatic rings. The Kier molecular flexibility index (Phi) is 5.79. The lowest BCUT2D eigenvalue weighted by atomic mass is 9.43. The summed E-state index contributed by atoms with van der Waals surface area (Å²) in [5.41, 5.74) is -0.379. The minimum Gasteiger partial charge on any atom is -0.481 e. The molecule has 0 unspecified atom stereocenters. The monoisotopic (exact) mass is 424 g/mol. The maximum atomic E-state index is 11.5. The van der Waals surface area contributed by atoms with Crippen molar-refractivity contribution in [2.45, 2.75) is 96.6 Å². The maximum absolute atomic E-state index is 11.5. The average Bonchev–Trinajstić information content (AvgIpc) is 3.01. The number of fused-ring (bicyclic) bond motifs is 5. The van der Waals surface area contributed by atoms with E-state index in [1.165, 1.54) is 0 Å². The smallest absolute Gasteiger partial charge is 0.305 e. The second-order valence-corrected chi connectivity index (χ2v) is 11.6. The molecule has 0 aromatic heterocycles. The van der Waals surface area contributed by atoms with Gasteiger partial charge in [0.25, 0.3) is 0 Å². The van der Waals surface area contributed by atoms with Crippen LogP contribution in [0, 0.1) is 46.3 Å². The molecule has 0 spiro atoms. The number of hydrogen-bond donors (Lipinski definition) is 5. The van der Waals surface area contributed by atoms with E-state index in [-0.39, 0.29) is 47.5 Å². The summed E-state index contributed by atoms with van der Waals surface area (Å²) in [6.07, 6.45) is 3.19. The van der Waals surface area contributed by atoms with E-state index in [4.69, 9.17) is 5.11 Å². The van der Waals surface area contributed by atoms with Gasteiger partial charge in [-0.2, -0.15) is 0 Å². The summed E-state index contributed by atoms with van der Waals surface area (Å²) in [5.74, 6) is -0.333. The van der Waals surface area contributed by atoms with E-state index in [1.54, 1.807) is 0 Å². The second-order valence-electron chi connectivity index (χ2n) is 11.6. The molecular formula is C24H40O6. The van der Waals surface area contributed by atoms with E-state index >= 15 is 0 Å². The largest absolute Gasteiger partial charge is 0.481 e. The standard InChI is InChI=1S/C24H40O6/c1-12(18(26)11-21(29)30)15-4-5-16-22-17(10-20(28)24(15,16)3)23(2)7-6-14(25)8-13(23)9-19(22)27/h12-20,22,25-28H,4-11H2,1-3H3,(H,29,30)/t12-,13-,14+,15+,16-,17-,18+,19+,20-,22-,23-,24+/m0/s1. The van der Waals surface area contributed by atoms with Gasteiger partial charge < -0.3 is 25.5 Å². The number of carboxylic acids is 1. The number of aliphatic hydroxyl groups excluding tert-OH is 4. The molecule has 5 N–H and O–H groups in total. The van der Waals surface area contributed by atoms with Gasteiger partial charge in [0.1, 0.15) is 0 Å². The molecule has 12 atom stereocenters. The van der Waals surface area contributed by atoms with E-state index in [9.17, 15) is 25.2 Å². The second kappa shape index (κ2) is 7.72. The Hall–Kier alpha value is -0.690. The molecule has 0 radical (unpaired) electrons. The predicted octanol–water partition coefficient (Wildman–Crippen LogP) is 2.42. The first-order valence-corrected chi connectivity index (χ1v) is 11.9. The zero-order valence-corrected chi connectivity index (χ0v) is 18.6. The van der Waals surface area contributed by atoms with Crippen molar-refractivity contribution in [1.82, 2.24) is 0 Å². The van der Waals surface area contributed by atoms with Crippen LogP contribution >= 0.6 is 0 Å². The Morgan fingerprint density at radius 2 is 1.73 bits per heavy atom. The van der Waals surface area contributed by atoms with Gasteiger partial charge in [-0.1, -0.05) is 20.8 Å². The summed E-state index contributed by atoms with van der Waals surface area (Å²) in [5, 5.41) is 52.5. The van der Waals surface area contributed by atoms with Crippen molar-refractivity contribution < 1.29 is 30.3 Å². The first-order valence-electron chi connectivity index (χ1n) is 11.9. The lowest BCUT2D eigenvalue weighted by Gasteiger charge is -2.63. The van der Waals surface area contributed by atoms with Gasteiger partial charge in [0, 0.05) is 0 Å². The topological polar surface area (TPSA) is 118 Å². The van der Waals surface area contributed by atoms with Gasteiger partial charge in [-0.15, -0.1) is 0 Å². The van der Waals surface area contributed by atoms with E-state index in [1.807, 2.05) is 6.92 Å². The SMILES string of the molecule is C[C@H]([C@H](O)CC(=O)O)[C@H]1CC[C@H]2[C@@H]3[C@H](O)C[C@@H]4C[C@H](O)CC[C@]4(C)[C@H]3C[C@H](O)[C@]12C. The summed E-state index contributed by atoms with van der Waals surface area (Å²) in [7, 11) is 0. The van der Waals surface area contributed by atoms with Crippen LogP contribution in [0.15, 0.2) is 0 Å². The normalized spacial score (nSPS) is 52.6. The Morgan fingerprint density at radius 3 is 2.40 bits per heavy atom. The third kappa shape index (κ3) is 3.25. The van der Waals surface area contributed by atoms with E-state index < -0.39 is 29.7 Å². The van der Waals surface area contributed by atoms with Gasteiger partial charge >= 0.3 is 5.97 Å². The number of carbonyl (C=O) groups is 1. The Balaban J connectivity index is 1.62. The molecule has 4 fully saturated rings. The van der Waals surface area contributed by atoms with Crippen molar-refractivity contribution in [3.8, 4) is 0 Å². The molecule has 0 amide bonds. The van der Waals surface area contributed by atoms with Crippen LogP contribution in [0.5, 0.6) is 0 Å². The third-order valence-corrected chi connectivity index (χ3v) is 10.5. The Labute approximate surface area is 179 Å². The molecular weight excluding hydrogens is 384 g/mol. The predicted molar refractivity (Wildman–Crippen MR) is 111 cm³/mol. The number of aliphatic carboxylic acids is 1. The Morgan fingerprint density at radius 1 is 1.03 bits per heavy atom. The summed E-state index contributed by atoms with van der Waals surface area (Å²) in [6, 6.07) is 0. The highest BCUT2D eigenvalue weighted by Gasteiger charge is 2.66. The van der Waals surface area contributed by atoms with Gasteiger partial charge in [-0.3, -0.25) is 4.79 Å². The summed E-state index contributed by atoms with van der Waals surface area (Å²) < 4.78 is 0. The zero-order valence-electron chi connectivity index (χ0n) is 18.6. The molecule has 0 bridgehead atoms. The van der Waals surface area contributed by atoms with Crippen molar-refractivity contribution in [3.05, 3.63) is 0 Å². The van der Waals surface area contributed by atoms with Gasteiger partial charge in [0.2, 0.25) is 0 Å². The summed E-state index contributed by atoms with van der Waals surface area (Å²) in [6.45, 7) is 6.35. The van der Waals surface area contributed by atoms with Crippen LogP contribution in [0.2, 0.25) is 0 Å². The quantitative estimate of drug-likeness (QED) is 0.473. The molecule has 0 heterocycles. The van der Waals surface area contributed by atoms with Crippen molar-refractivity contribution in [2.24, 2.45) is 46.3 Å². The molecule has 0 aromatic carbocycles. The zero-order chi connectivity index (χ0) is 22.0. The molecule has 0 saturated heterocycles. The number of rotatable bonds is 4. The van der Waals surface area contributed by atoms with E-state index in [0.29, 0.717) is 12.3 Å². The fourth-order valence-electron chi connectivity index (χ4n) is 8.70.